The second kappa shape index (κ2) is 4.91. The third-order valence-electron chi connectivity index (χ3n) is 2.68. The number of aromatic nitrogens is 3. The summed E-state index contributed by atoms with van der Waals surface area (Å²) < 4.78 is 1.98. The van der Waals surface area contributed by atoms with Crippen LogP contribution in [0, 0.1) is 6.92 Å². The Morgan fingerprint density at radius 2 is 2.18 bits per heavy atom. The number of carbonyl (C=O) groups is 1. The maximum Gasteiger partial charge on any atom is 0.170 e. The Balaban J connectivity index is 2.17. The molecule has 0 fully saturated rings. The first-order valence-corrected chi connectivity index (χ1v) is 5.66. The summed E-state index contributed by atoms with van der Waals surface area (Å²) in [6.07, 6.45) is 5.61. The number of nitrogens with zero attached hydrogens (tertiary/aromatic N) is 3. The summed E-state index contributed by atoms with van der Waals surface area (Å²) >= 11 is 0. The number of carbonyl (C=O) groups excluding carboxylic acids is 1. The fraction of sp³-hybridized carbons (Fsp3) is 0.308. The van der Waals surface area contributed by atoms with E-state index in [1.54, 1.807) is 18.5 Å². The van der Waals surface area contributed by atoms with E-state index in [2.05, 4.69) is 9.97 Å². The van der Waals surface area contributed by atoms with Crippen molar-refractivity contribution in [3.8, 4) is 0 Å². The van der Waals surface area contributed by atoms with E-state index in [-0.39, 0.29) is 5.78 Å². The standard InChI is InChI=1S/C13H15N3O/c1-3-16-7-6-15-13(16)9-12(17)11-4-5-14-10(2)8-11/h4-8H,3,9H2,1-2H3. The van der Waals surface area contributed by atoms with Crippen molar-refractivity contribution in [1.82, 2.24) is 14.5 Å². The zero-order valence-electron chi connectivity index (χ0n) is 10.1. The SMILES string of the molecule is CCn1ccnc1CC(=O)c1ccnc(C)c1. The minimum absolute atomic E-state index is 0.0800. The molecule has 2 heterocycles. The van der Waals surface area contributed by atoms with E-state index >= 15 is 0 Å². The monoisotopic (exact) mass is 229 g/mol. The Labute approximate surface area is 100 Å². The van der Waals surface area contributed by atoms with Crippen molar-refractivity contribution in [3.63, 3.8) is 0 Å². The van der Waals surface area contributed by atoms with Crippen molar-refractivity contribution in [1.29, 1.82) is 0 Å². The van der Waals surface area contributed by atoms with Gasteiger partial charge in [0.1, 0.15) is 5.82 Å². The van der Waals surface area contributed by atoms with Crippen LogP contribution in [-0.2, 0) is 13.0 Å². The van der Waals surface area contributed by atoms with Gasteiger partial charge < -0.3 is 4.57 Å². The lowest BCUT2D eigenvalue weighted by Gasteiger charge is -2.04. The number of imidazole rings is 1. The summed E-state index contributed by atoms with van der Waals surface area (Å²) in [5.74, 6) is 0.892. The van der Waals surface area contributed by atoms with E-state index in [0.717, 1.165) is 18.1 Å². The van der Waals surface area contributed by atoms with Crippen LogP contribution in [0.4, 0.5) is 0 Å². The van der Waals surface area contributed by atoms with Gasteiger partial charge >= 0.3 is 0 Å². The molecule has 0 atom stereocenters. The van der Waals surface area contributed by atoms with Crippen LogP contribution in [0.15, 0.2) is 30.7 Å². The summed E-state index contributed by atoms with van der Waals surface area (Å²) in [5.41, 5.74) is 1.55. The van der Waals surface area contributed by atoms with Crippen LogP contribution in [0.3, 0.4) is 0 Å². The Bertz CT molecular complexity index is 531. The van der Waals surface area contributed by atoms with Crippen LogP contribution in [0.2, 0.25) is 0 Å². The van der Waals surface area contributed by atoms with Gasteiger partial charge in [-0.1, -0.05) is 0 Å². The van der Waals surface area contributed by atoms with Gasteiger partial charge in [-0.25, -0.2) is 4.98 Å². The highest BCUT2D eigenvalue weighted by molar-refractivity contribution is 5.97. The minimum atomic E-state index is 0.0800. The molecule has 0 unspecified atom stereocenters. The molecule has 0 spiro atoms. The molecule has 0 radical (unpaired) electrons. The molecule has 4 heteroatoms. The van der Waals surface area contributed by atoms with Crippen LogP contribution < -0.4 is 0 Å². The maximum atomic E-state index is 12.1. The van der Waals surface area contributed by atoms with Crippen molar-refractivity contribution in [2.45, 2.75) is 26.8 Å². The number of ketones is 1. The van der Waals surface area contributed by atoms with E-state index in [9.17, 15) is 4.79 Å². The Morgan fingerprint density at radius 3 is 2.88 bits per heavy atom. The highest BCUT2D eigenvalue weighted by atomic mass is 16.1. The summed E-state index contributed by atoms with van der Waals surface area (Å²) in [4.78, 5) is 20.3. The molecule has 88 valence electrons. The molecule has 17 heavy (non-hydrogen) atoms. The molecular weight excluding hydrogens is 214 g/mol. The van der Waals surface area contributed by atoms with Gasteiger partial charge in [-0.3, -0.25) is 9.78 Å². The van der Waals surface area contributed by atoms with Gasteiger partial charge in [-0.05, 0) is 26.0 Å². The first-order chi connectivity index (χ1) is 8.20. The molecule has 0 aliphatic rings. The van der Waals surface area contributed by atoms with E-state index < -0.39 is 0 Å². The average molecular weight is 229 g/mol. The summed E-state index contributed by atoms with van der Waals surface area (Å²) in [7, 11) is 0. The van der Waals surface area contributed by atoms with Crippen LogP contribution in [0.25, 0.3) is 0 Å². The van der Waals surface area contributed by atoms with Crippen LogP contribution in [0.1, 0.15) is 28.8 Å². The third-order valence-corrected chi connectivity index (χ3v) is 2.68. The van der Waals surface area contributed by atoms with Crippen molar-refractivity contribution in [3.05, 3.63) is 47.8 Å². The third kappa shape index (κ3) is 2.58. The van der Waals surface area contributed by atoms with Gasteiger partial charge in [0, 0.05) is 36.4 Å². The first-order valence-electron chi connectivity index (χ1n) is 5.66. The van der Waals surface area contributed by atoms with Gasteiger partial charge in [0.05, 0.1) is 6.42 Å². The number of aryl methyl sites for hydroxylation is 2. The van der Waals surface area contributed by atoms with Gasteiger partial charge in [0.25, 0.3) is 0 Å². The zero-order chi connectivity index (χ0) is 12.3. The van der Waals surface area contributed by atoms with Gasteiger partial charge in [-0.2, -0.15) is 0 Å². The van der Waals surface area contributed by atoms with E-state index in [1.807, 2.05) is 30.7 Å². The molecule has 2 aromatic rings. The molecule has 0 amide bonds. The highest BCUT2D eigenvalue weighted by Gasteiger charge is 2.10. The molecule has 0 aliphatic carbocycles. The van der Waals surface area contributed by atoms with Crippen molar-refractivity contribution in [2.24, 2.45) is 0 Å². The fourth-order valence-corrected chi connectivity index (χ4v) is 1.76. The number of pyridine rings is 1. The summed E-state index contributed by atoms with van der Waals surface area (Å²) in [6, 6.07) is 3.55. The quantitative estimate of drug-likeness (QED) is 0.754. The predicted octanol–water partition coefficient (Wildman–Crippen LogP) is 2.03. The lowest BCUT2D eigenvalue weighted by molar-refractivity contribution is 0.0989. The lowest BCUT2D eigenvalue weighted by Crippen LogP contribution is -2.09. The molecule has 0 bridgehead atoms. The maximum absolute atomic E-state index is 12.1. The van der Waals surface area contributed by atoms with E-state index in [0.29, 0.717) is 12.0 Å². The lowest BCUT2D eigenvalue weighted by atomic mass is 10.1. The summed E-state index contributed by atoms with van der Waals surface area (Å²) in [6.45, 7) is 4.74. The molecule has 0 aromatic carbocycles. The topological polar surface area (TPSA) is 47.8 Å². The fourth-order valence-electron chi connectivity index (χ4n) is 1.76. The second-order valence-corrected chi connectivity index (χ2v) is 3.92. The molecule has 4 nitrogen and oxygen atoms in total. The molecule has 0 saturated heterocycles. The number of hydrogen-bond acceptors (Lipinski definition) is 3. The molecule has 0 aliphatic heterocycles. The van der Waals surface area contributed by atoms with Crippen molar-refractivity contribution in [2.75, 3.05) is 0 Å². The molecule has 2 rings (SSSR count). The largest absolute Gasteiger partial charge is 0.335 e. The van der Waals surface area contributed by atoms with E-state index in [1.165, 1.54) is 0 Å². The molecular formula is C13H15N3O. The minimum Gasteiger partial charge on any atom is -0.335 e. The average Bonchev–Trinajstić information content (AvgIpc) is 2.76. The molecule has 2 aromatic heterocycles. The molecule has 0 saturated carbocycles. The Kier molecular flexibility index (Phi) is 3.32. The smallest absolute Gasteiger partial charge is 0.170 e. The Hall–Kier alpha value is -1.97. The number of hydrogen-bond donors (Lipinski definition) is 0. The van der Waals surface area contributed by atoms with Gasteiger partial charge in [-0.15, -0.1) is 0 Å². The van der Waals surface area contributed by atoms with Crippen molar-refractivity contribution >= 4 is 5.78 Å². The van der Waals surface area contributed by atoms with Crippen LogP contribution in [0.5, 0.6) is 0 Å². The van der Waals surface area contributed by atoms with Crippen molar-refractivity contribution < 1.29 is 4.79 Å². The zero-order valence-corrected chi connectivity index (χ0v) is 10.1. The normalized spacial score (nSPS) is 10.5. The first kappa shape index (κ1) is 11.5. The van der Waals surface area contributed by atoms with Gasteiger partial charge in [0.15, 0.2) is 5.78 Å². The van der Waals surface area contributed by atoms with E-state index in [4.69, 9.17) is 0 Å². The number of rotatable bonds is 4. The number of Topliss-reactive ketones (excluding diaryl/α,β-unsaturated/α-hetero) is 1. The molecule has 0 N–H and O–H groups in total. The van der Waals surface area contributed by atoms with Crippen LogP contribution >= 0.6 is 0 Å². The Morgan fingerprint density at radius 1 is 1.35 bits per heavy atom. The van der Waals surface area contributed by atoms with Crippen LogP contribution in [-0.4, -0.2) is 20.3 Å². The second-order valence-electron chi connectivity index (χ2n) is 3.92. The van der Waals surface area contributed by atoms with Gasteiger partial charge in [0.2, 0.25) is 0 Å². The highest BCUT2D eigenvalue weighted by Crippen LogP contribution is 2.07. The summed E-state index contributed by atoms with van der Waals surface area (Å²) in [5, 5.41) is 0. The predicted molar refractivity (Wildman–Crippen MR) is 64.9 cm³/mol.